The number of rotatable bonds is 5. The van der Waals surface area contributed by atoms with E-state index in [4.69, 9.17) is 4.74 Å². The zero-order valence-corrected chi connectivity index (χ0v) is 10.9. The molecule has 0 aliphatic rings. The lowest BCUT2D eigenvalue weighted by Gasteiger charge is -2.09. The molecule has 2 aromatic carbocycles. The number of esters is 1. The molecule has 0 aromatic heterocycles. The number of non-ortho nitro benzene ring substituents is 1. The first-order valence-electron chi connectivity index (χ1n) is 5.99. The molecule has 2 rings (SSSR count). The van der Waals surface area contributed by atoms with Gasteiger partial charge >= 0.3 is 5.97 Å². The molecule has 2 aromatic rings. The van der Waals surface area contributed by atoms with Crippen LogP contribution in [0.3, 0.4) is 0 Å². The standard InChI is InChI=1S/C14H13NO5/c1-19-14(16)8-9-20-13-7-6-12(15(17)18)10-4-2-3-5-11(10)13/h2-7H,8-9H2,1H3. The summed E-state index contributed by atoms with van der Waals surface area (Å²) in [7, 11) is 1.31. The molecule has 104 valence electrons. The molecule has 6 nitrogen and oxygen atoms in total. The van der Waals surface area contributed by atoms with Crippen LogP contribution in [0, 0.1) is 10.1 Å². The topological polar surface area (TPSA) is 78.7 Å². The van der Waals surface area contributed by atoms with Crippen molar-refractivity contribution in [1.82, 2.24) is 0 Å². The Balaban J connectivity index is 2.29. The van der Waals surface area contributed by atoms with Gasteiger partial charge in [-0.25, -0.2) is 0 Å². The maximum atomic E-state index is 11.0. The smallest absolute Gasteiger partial charge is 0.308 e. The molecule has 0 atom stereocenters. The first-order chi connectivity index (χ1) is 9.63. The normalized spacial score (nSPS) is 10.2. The van der Waals surface area contributed by atoms with Crippen LogP contribution in [0.1, 0.15) is 6.42 Å². The van der Waals surface area contributed by atoms with Gasteiger partial charge in [0, 0.05) is 11.5 Å². The van der Waals surface area contributed by atoms with Crippen molar-refractivity contribution < 1.29 is 19.2 Å². The summed E-state index contributed by atoms with van der Waals surface area (Å²) in [5.74, 6) is 0.145. The van der Waals surface area contributed by atoms with Crippen LogP contribution in [0.25, 0.3) is 10.8 Å². The lowest BCUT2D eigenvalue weighted by Crippen LogP contribution is -2.07. The molecule has 0 bridgehead atoms. The lowest BCUT2D eigenvalue weighted by atomic mass is 10.1. The van der Waals surface area contributed by atoms with Gasteiger partial charge in [0.25, 0.3) is 5.69 Å². The number of methoxy groups -OCH3 is 1. The summed E-state index contributed by atoms with van der Waals surface area (Å²) in [6.45, 7) is 0.161. The van der Waals surface area contributed by atoms with Crippen molar-refractivity contribution in [3.05, 3.63) is 46.5 Å². The van der Waals surface area contributed by atoms with E-state index in [-0.39, 0.29) is 24.7 Å². The Labute approximate surface area is 115 Å². The third-order valence-electron chi connectivity index (χ3n) is 2.85. The van der Waals surface area contributed by atoms with E-state index >= 15 is 0 Å². The first kappa shape index (κ1) is 13.8. The Bertz CT molecular complexity index is 653. The molecular formula is C14H13NO5. The van der Waals surface area contributed by atoms with Crippen LogP contribution in [0.5, 0.6) is 5.75 Å². The zero-order chi connectivity index (χ0) is 14.5. The van der Waals surface area contributed by atoms with Gasteiger partial charge in [-0.1, -0.05) is 18.2 Å². The molecular weight excluding hydrogens is 262 g/mol. The SMILES string of the molecule is COC(=O)CCOc1ccc([N+](=O)[O-])c2ccccc12. The van der Waals surface area contributed by atoms with E-state index in [1.54, 1.807) is 24.3 Å². The van der Waals surface area contributed by atoms with Crippen molar-refractivity contribution in [1.29, 1.82) is 0 Å². The van der Waals surface area contributed by atoms with Gasteiger partial charge in [-0.05, 0) is 12.1 Å². The van der Waals surface area contributed by atoms with E-state index in [1.165, 1.54) is 19.2 Å². The van der Waals surface area contributed by atoms with Gasteiger partial charge in [-0.15, -0.1) is 0 Å². The Morgan fingerprint density at radius 3 is 2.55 bits per heavy atom. The summed E-state index contributed by atoms with van der Waals surface area (Å²) in [6.07, 6.45) is 0.127. The second kappa shape index (κ2) is 6.01. The molecule has 0 aliphatic carbocycles. The van der Waals surface area contributed by atoms with E-state index in [2.05, 4.69) is 4.74 Å². The second-order valence-corrected chi connectivity index (χ2v) is 4.06. The molecule has 0 saturated carbocycles. The monoisotopic (exact) mass is 275 g/mol. The van der Waals surface area contributed by atoms with Crippen molar-refractivity contribution in [2.24, 2.45) is 0 Å². The molecule has 6 heteroatoms. The molecule has 0 heterocycles. The molecule has 0 N–H and O–H groups in total. The number of carbonyl (C=O) groups is 1. The number of nitro groups is 1. The highest BCUT2D eigenvalue weighted by Crippen LogP contribution is 2.32. The van der Waals surface area contributed by atoms with E-state index < -0.39 is 4.92 Å². The van der Waals surface area contributed by atoms with Crippen molar-refractivity contribution >= 4 is 22.4 Å². The molecule has 0 aliphatic heterocycles. The molecule has 0 radical (unpaired) electrons. The van der Waals surface area contributed by atoms with Gasteiger partial charge in [0.15, 0.2) is 0 Å². The van der Waals surface area contributed by atoms with Crippen molar-refractivity contribution in [3.63, 3.8) is 0 Å². The van der Waals surface area contributed by atoms with E-state index in [9.17, 15) is 14.9 Å². The van der Waals surface area contributed by atoms with Crippen LogP contribution in [0.2, 0.25) is 0 Å². The lowest BCUT2D eigenvalue weighted by molar-refractivity contribution is -0.383. The molecule has 0 amide bonds. The van der Waals surface area contributed by atoms with Crippen LogP contribution >= 0.6 is 0 Å². The van der Waals surface area contributed by atoms with Gasteiger partial charge in [0.1, 0.15) is 5.75 Å². The van der Waals surface area contributed by atoms with Crippen molar-refractivity contribution in [3.8, 4) is 5.75 Å². The van der Waals surface area contributed by atoms with E-state index in [0.29, 0.717) is 16.5 Å². The van der Waals surface area contributed by atoms with Gasteiger partial charge in [0.2, 0.25) is 0 Å². The highest BCUT2D eigenvalue weighted by atomic mass is 16.6. The summed E-state index contributed by atoms with van der Waals surface area (Å²) < 4.78 is 10.0. The third kappa shape index (κ3) is 2.85. The Kier molecular flexibility index (Phi) is 4.14. The summed E-state index contributed by atoms with van der Waals surface area (Å²) in [6, 6.07) is 9.86. The average Bonchev–Trinajstić information content (AvgIpc) is 2.46. The minimum atomic E-state index is -0.430. The first-order valence-corrected chi connectivity index (χ1v) is 5.99. The van der Waals surface area contributed by atoms with Crippen LogP contribution in [-0.4, -0.2) is 24.6 Å². The number of benzene rings is 2. The molecule has 0 spiro atoms. The van der Waals surface area contributed by atoms with Gasteiger partial charge in [0.05, 0.1) is 30.4 Å². The van der Waals surface area contributed by atoms with Crippen LogP contribution in [0.4, 0.5) is 5.69 Å². The van der Waals surface area contributed by atoms with Crippen LogP contribution in [-0.2, 0) is 9.53 Å². The Morgan fingerprint density at radius 1 is 1.20 bits per heavy atom. The van der Waals surface area contributed by atoms with Crippen molar-refractivity contribution in [2.75, 3.05) is 13.7 Å². The summed E-state index contributed by atoms with van der Waals surface area (Å²) >= 11 is 0. The number of hydrogen-bond acceptors (Lipinski definition) is 5. The Hall–Kier alpha value is -2.63. The number of carbonyl (C=O) groups excluding carboxylic acids is 1. The predicted molar refractivity (Wildman–Crippen MR) is 72.7 cm³/mol. The van der Waals surface area contributed by atoms with E-state index in [0.717, 1.165) is 0 Å². The van der Waals surface area contributed by atoms with Gasteiger partial charge < -0.3 is 9.47 Å². The van der Waals surface area contributed by atoms with E-state index in [1.807, 2.05) is 0 Å². The minimum Gasteiger partial charge on any atom is -0.492 e. The van der Waals surface area contributed by atoms with Gasteiger partial charge in [-0.2, -0.15) is 0 Å². The Morgan fingerprint density at radius 2 is 1.90 bits per heavy atom. The summed E-state index contributed by atoms with van der Waals surface area (Å²) in [5, 5.41) is 12.1. The van der Waals surface area contributed by atoms with Crippen molar-refractivity contribution in [2.45, 2.75) is 6.42 Å². The fraction of sp³-hybridized carbons (Fsp3) is 0.214. The van der Waals surface area contributed by atoms with Crippen LogP contribution < -0.4 is 4.74 Å². The maximum absolute atomic E-state index is 11.0. The quantitative estimate of drug-likeness (QED) is 0.476. The highest BCUT2D eigenvalue weighted by molar-refractivity contribution is 5.95. The number of fused-ring (bicyclic) bond motifs is 1. The summed E-state index contributed by atoms with van der Waals surface area (Å²) in [5.41, 5.74) is 0.0286. The molecule has 0 fully saturated rings. The second-order valence-electron chi connectivity index (χ2n) is 4.06. The number of hydrogen-bond donors (Lipinski definition) is 0. The number of nitrogens with zero attached hydrogens (tertiary/aromatic N) is 1. The minimum absolute atomic E-state index is 0.0286. The largest absolute Gasteiger partial charge is 0.492 e. The maximum Gasteiger partial charge on any atom is 0.308 e. The highest BCUT2D eigenvalue weighted by Gasteiger charge is 2.14. The molecule has 0 saturated heterocycles. The van der Waals surface area contributed by atoms with Gasteiger partial charge in [-0.3, -0.25) is 14.9 Å². The summed E-state index contributed by atoms with van der Waals surface area (Å²) in [4.78, 5) is 21.6. The fourth-order valence-corrected chi connectivity index (χ4v) is 1.89. The number of nitro benzene ring substituents is 1. The predicted octanol–water partition coefficient (Wildman–Crippen LogP) is 2.69. The molecule has 0 unspecified atom stereocenters. The zero-order valence-electron chi connectivity index (χ0n) is 10.9. The van der Waals surface area contributed by atoms with Crippen LogP contribution in [0.15, 0.2) is 36.4 Å². The third-order valence-corrected chi connectivity index (χ3v) is 2.85. The molecule has 20 heavy (non-hydrogen) atoms. The average molecular weight is 275 g/mol. The number of ether oxygens (including phenoxy) is 2. The fourth-order valence-electron chi connectivity index (χ4n) is 1.89.